The predicted octanol–water partition coefficient (Wildman–Crippen LogP) is 2.99. The van der Waals surface area contributed by atoms with Gasteiger partial charge < -0.3 is 4.90 Å². The Morgan fingerprint density at radius 3 is 2.56 bits per heavy atom. The zero-order valence-electron chi connectivity index (χ0n) is 10.1. The smallest absolute Gasteiger partial charge is 0.137 e. The molecule has 0 amide bonds. The van der Waals surface area contributed by atoms with Gasteiger partial charge in [-0.05, 0) is 26.2 Å². The largest absolute Gasteiger partial charge is 0.356 e. The van der Waals surface area contributed by atoms with Gasteiger partial charge in [0.15, 0.2) is 0 Å². The van der Waals surface area contributed by atoms with E-state index in [9.17, 15) is 0 Å². The molecule has 4 heteroatoms. The molecule has 88 valence electrons. The van der Waals surface area contributed by atoms with Crippen molar-refractivity contribution in [3.05, 3.63) is 16.5 Å². The first-order valence-electron chi connectivity index (χ1n) is 5.89. The van der Waals surface area contributed by atoms with Crippen molar-refractivity contribution in [2.75, 3.05) is 11.9 Å². The molecule has 1 aromatic rings. The summed E-state index contributed by atoms with van der Waals surface area (Å²) in [5.74, 6) is 1.83. The van der Waals surface area contributed by atoms with Crippen LogP contribution in [0, 0.1) is 6.92 Å². The van der Waals surface area contributed by atoms with E-state index in [-0.39, 0.29) is 0 Å². The van der Waals surface area contributed by atoms with Crippen LogP contribution in [0.1, 0.15) is 37.6 Å². The maximum absolute atomic E-state index is 6.13. The number of rotatable bonds is 3. The third-order valence-corrected chi connectivity index (χ3v) is 3.75. The molecule has 0 bridgehead atoms. The highest BCUT2D eigenvalue weighted by atomic mass is 35.5. The lowest BCUT2D eigenvalue weighted by molar-refractivity contribution is 0.398. The van der Waals surface area contributed by atoms with Crippen LogP contribution in [0.2, 0.25) is 5.15 Å². The topological polar surface area (TPSA) is 29.0 Å². The number of hydrogen-bond donors (Lipinski definition) is 0. The number of aromatic nitrogens is 2. The van der Waals surface area contributed by atoms with Crippen molar-refractivity contribution in [1.29, 1.82) is 0 Å². The molecular weight excluding hydrogens is 222 g/mol. The maximum atomic E-state index is 6.13. The molecule has 1 aliphatic rings. The summed E-state index contributed by atoms with van der Waals surface area (Å²) in [4.78, 5) is 11.1. The molecule has 0 N–H and O–H groups in total. The third-order valence-electron chi connectivity index (χ3n) is 3.38. The molecule has 16 heavy (non-hydrogen) atoms. The van der Waals surface area contributed by atoms with Gasteiger partial charge in [-0.25, -0.2) is 9.97 Å². The Balaban J connectivity index is 2.33. The van der Waals surface area contributed by atoms with Crippen LogP contribution in [-0.4, -0.2) is 23.1 Å². The third kappa shape index (κ3) is 2.01. The highest BCUT2D eigenvalue weighted by Crippen LogP contribution is 2.30. The summed E-state index contributed by atoms with van der Waals surface area (Å²) in [6.07, 6.45) is 4.68. The summed E-state index contributed by atoms with van der Waals surface area (Å²) in [5.41, 5.74) is 0.994. The lowest BCUT2D eigenvalue weighted by Gasteiger charge is -2.36. The number of halogens is 1. The Labute approximate surface area is 102 Å². The molecule has 1 aliphatic carbocycles. The molecule has 0 saturated heterocycles. The van der Waals surface area contributed by atoms with E-state index >= 15 is 0 Å². The fraction of sp³-hybridized carbons (Fsp3) is 0.667. The van der Waals surface area contributed by atoms with E-state index in [2.05, 4.69) is 21.9 Å². The second-order valence-electron chi connectivity index (χ2n) is 4.43. The highest BCUT2D eigenvalue weighted by Gasteiger charge is 2.25. The highest BCUT2D eigenvalue weighted by molar-refractivity contribution is 6.30. The fourth-order valence-corrected chi connectivity index (χ4v) is 2.15. The van der Waals surface area contributed by atoms with E-state index in [0.717, 1.165) is 23.6 Å². The minimum Gasteiger partial charge on any atom is -0.356 e. The standard InChI is InChI=1S/C12H18ClN3/c1-4-10-14-11(13)8(2)12(15-10)16(3)9-6-5-7-9/h9H,4-7H2,1-3H3. The van der Waals surface area contributed by atoms with E-state index in [4.69, 9.17) is 11.6 Å². The lowest BCUT2D eigenvalue weighted by atomic mass is 9.92. The fourth-order valence-electron chi connectivity index (χ4n) is 1.97. The molecule has 0 radical (unpaired) electrons. The first kappa shape index (κ1) is 11.6. The van der Waals surface area contributed by atoms with E-state index in [1.165, 1.54) is 19.3 Å². The van der Waals surface area contributed by atoms with Crippen molar-refractivity contribution >= 4 is 17.4 Å². The summed E-state index contributed by atoms with van der Waals surface area (Å²) in [5, 5.41) is 0.591. The van der Waals surface area contributed by atoms with Crippen molar-refractivity contribution in [2.24, 2.45) is 0 Å². The van der Waals surface area contributed by atoms with Gasteiger partial charge >= 0.3 is 0 Å². The van der Waals surface area contributed by atoms with Crippen LogP contribution in [0.5, 0.6) is 0 Å². The number of nitrogens with zero attached hydrogens (tertiary/aromatic N) is 3. The van der Waals surface area contributed by atoms with E-state index in [1.807, 2.05) is 13.8 Å². The summed E-state index contributed by atoms with van der Waals surface area (Å²) in [6, 6.07) is 0.634. The minimum atomic E-state index is 0.591. The van der Waals surface area contributed by atoms with Gasteiger partial charge in [-0.1, -0.05) is 18.5 Å². The van der Waals surface area contributed by atoms with Crippen LogP contribution in [0.15, 0.2) is 0 Å². The first-order chi connectivity index (χ1) is 7.63. The first-order valence-corrected chi connectivity index (χ1v) is 6.27. The lowest BCUT2D eigenvalue weighted by Crippen LogP contribution is -2.38. The molecule has 0 atom stereocenters. The molecule has 1 heterocycles. The molecule has 0 spiro atoms. The summed E-state index contributed by atoms with van der Waals surface area (Å²) in [7, 11) is 2.11. The van der Waals surface area contributed by atoms with Crippen LogP contribution in [0.25, 0.3) is 0 Å². The van der Waals surface area contributed by atoms with Crippen LogP contribution < -0.4 is 4.90 Å². The van der Waals surface area contributed by atoms with Gasteiger partial charge in [-0.15, -0.1) is 0 Å². The van der Waals surface area contributed by atoms with Crippen LogP contribution >= 0.6 is 11.6 Å². The SMILES string of the molecule is CCc1nc(Cl)c(C)c(N(C)C2CCC2)n1. The van der Waals surface area contributed by atoms with Gasteiger partial charge in [0.05, 0.1) is 0 Å². The van der Waals surface area contributed by atoms with Crippen molar-refractivity contribution in [1.82, 2.24) is 9.97 Å². The second-order valence-corrected chi connectivity index (χ2v) is 4.79. The zero-order valence-corrected chi connectivity index (χ0v) is 10.9. The molecule has 1 fully saturated rings. The summed E-state index contributed by atoms with van der Waals surface area (Å²) < 4.78 is 0. The van der Waals surface area contributed by atoms with Crippen molar-refractivity contribution in [3.63, 3.8) is 0 Å². The normalized spacial score (nSPS) is 16.0. The molecule has 0 aromatic carbocycles. The maximum Gasteiger partial charge on any atom is 0.137 e. The van der Waals surface area contributed by atoms with Crippen molar-refractivity contribution in [2.45, 2.75) is 45.6 Å². The summed E-state index contributed by atoms with van der Waals surface area (Å²) >= 11 is 6.13. The molecule has 1 saturated carbocycles. The van der Waals surface area contributed by atoms with Gasteiger partial charge in [0.25, 0.3) is 0 Å². The average Bonchev–Trinajstić information content (AvgIpc) is 2.19. The predicted molar refractivity (Wildman–Crippen MR) is 67.2 cm³/mol. The molecule has 0 aliphatic heterocycles. The van der Waals surface area contributed by atoms with Gasteiger partial charge in [0.1, 0.15) is 16.8 Å². The Hall–Kier alpha value is -0.830. The molecule has 3 nitrogen and oxygen atoms in total. The Morgan fingerprint density at radius 2 is 2.06 bits per heavy atom. The van der Waals surface area contributed by atoms with Crippen LogP contribution in [0.4, 0.5) is 5.82 Å². The van der Waals surface area contributed by atoms with E-state index < -0.39 is 0 Å². The van der Waals surface area contributed by atoms with Gasteiger partial charge in [0, 0.05) is 25.1 Å². The van der Waals surface area contributed by atoms with Gasteiger partial charge in [-0.2, -0.15) is 0 Å². The van der Waals surface area contributed by atoms with Crippen LogP contribution in [-0.2, 0) is 6.42 Å². The molecular formula is C12H18ClN3. The Bertz CT molecular complexity index is 388. The summed E-state index contributed by atoms with van der Waals surface area (Å²) in [6.45, 7) is 4.04. The van der Waals surface area contributed by atoms with Crippen LogP contribution in [0.3, 0.4) is 0 Å². The van der Waals surface area contributed by atoms with Crippen molar-refractivity contribution < 1.29 is 0 Å². The second kappa shape index (κ2) is 4.58. The van der Waals surface area contributed by atoms with E-state index in [0.29, 0.717) is 11.2 Å². The monoisotopic (exact) mass is 239 g/mol. The molecule has 1 aromatic heterocycles. The number of aryl methyl sites for hydroxylation is 1. The molecule has 0 unspecified atom stereocenters. The quantitative estimate of drug-likeness (QED) is 0.760. The Kier molecular flexibility index (Phi) is 3.33. The van der Waals surface area contributed by atoms with Gasteiger partial charge in [0.2, 0.25) is 0 Å². The van der Waals surface area contributed by atoms with E-state index in [1.54, 1.807) is 0 Å². The number of hydrogen-bond acceptors (Lipinski definition) is 3. The minimum absolute atomic E-state index is 0.591. The average molecular weight is 240 g/mol. The van der Waals surface area contributed by atoms with Gasteiger partial charge in [-0.3, -0.25) is 0 Å². The Morgan fingerprint density at radius 1 is 1.38 bits per heavy atom. The van der Waals surface area contributed by atoms with Crippen molar-refractivity contribution in [3.8, 4) is 0 Å². The molecule has 2 rings (SSSR count). The zero-order chi connectivity index (χ0) is 11.7. The number of anilines is 1.